The summed E-state index contributed by atoms with van der Waals surface area (Å²) in [4.78, 5) is 0. The van der Waals surface area contributed by atoms with Crippen molar-refractivity contribution in [3.05, 3.63) is 22.4 Å². The molecule has 2 N–H and O–H groups in total. The molecule has 0 heterocycles. The SMILES string of the molecule is CC(C)S(=O)(=O)CCOc1c(N)cc(F)cc1Br. The van der Waals surface area contributed by atoms with E-state index in [0.29, 0.717) is 4.47 Å². The average Bonchev–Trinajstić information content (AvgIpc) is 2.21. The molecule has 0 aliphatic carbocycles. The zero-order valence-corrected chi connectivity index (χ0v) is 12.5. The van der Waals surface area contributed by atoms with Gasteiger partial charge in [-0.1, -0.05) is 0 Å². The highest BCUT2D eigenvalue weighted by molar-refractivity contribution is 9.10. The Hall–Kier alpha value is -0.820. The minimum atomic E-state index is -3.16. The molecule has 0 atom stereocenters. The van der Waals surface area contributed by atoms with E-state index in [4.69, 9.17) is 10.5 Å². The number of hydrogen-bond acceptors (Lipinski definition) is 4. The Labute approximate surface area is 114 Å². The summed E-state index contributed by atoms with van der Waals surface area (Å²) < 4.78 is 41.7. The van der Waals surface area contributed by atoms with E-state index in [1.807, 2.05) is 0 Å². The minimum Gasteiger partial charge on any atom is -0.489 e. The maximum Gasteiger partial charge on any atom is 0.156 e. The molecule has 102 valence electrons. The predicted octanol–water partition coefficient (Wildman–Crippen LogP) is 2.37. The lowest BCUT2D eigenvalue weighted by atomic mass is 10.3. The first kappa shape index (κ1) is 15.2. The fourth-order valence-corrected chi connectivity index (χ4v) is 2.58. The highest BCUT2D eigenvalue weighted by Gasteiger charge is 2.17. The van der Waals surface area contributed by atoms with Crippen molar-refractivity contribution >= 4 is 31.5 Å². The van der Waals surface area contributed by atoms with Gasteiger partial charge in [-0.05, 0) is 35.8 Å². The fourth-order valence-electron chi connectivity index (χ4n) is 1.23. The number of benzene rings is 1. The van der Waals surface area contributed by atoms with E-state index in [1.54, 1.807) is 13.8 Å². The standard InChI is InChI=1S/C11H15BrFNO3S/c1-7(2)18(15,16)4-3-17-11-9(12)5-8(13)6-10(11)14/h5-7H,3-4,14H2,1-2H3. The minimum absolute atomic E-state index is 0.0189. The third-order valence-electron chi connectivity index (χ3n) is 2.37. The Morgan fingerprint density at radius 2 is 2.06 bits per heavy atom. The molecular formula is C11H15BrFNO3S. The first-order valence-corrected chi connectivity index (χ1v) is 7.83. The van der Waals surface area contributed by atoms with Crippen molar-refractivity contribution in [3.63, 3.8) is 0 Å². The van der Waals surface area contributed by atoms with Crippen molar-refractivity contribution in [2.24, 2.45) is 0 Å². The van der Waals surface area contributed by atoms with Crippen molar-refractivity contribution in [1.82, 2.24) is 0 Å². The molecule has 0 fully saturated rings. The summed E-state index contributed by atoms with van der Waals surface area (Å²) in [5, 5.41) is -0.449. The molecule has 1 aromatic rings. The third-order valence-corrected chi connectivity index (χ3v) is 5.13. The second-order valence-electron chi connectivity index (χ2n) is 4.07. The quantitative estimate of drug-likeness (QED) is 0.836. The molecule has 1 rings (SSSR count). The Kier molecular flexibility index (Phi) is 4.98. The van der Waals surface area contributed by atoms with Crippen molar-refractivity contribution in [3.8, 4) is 5.75 Å². The number of halogens is 2. The molecule has 0 aromatic heterocycles. The normalized spacial score (nSPS) is 11.8. The highest BCUT2D eigenvalue weighted by Crippen LogP contribution is 2.32. The summed E-state index contributed by atoms with van der Waals surface area (Å²) in [6.45, 7) is 3.20. The van der Waals surface area contributed by atoms with Gasteiger partial charge in [0.05, 0.1) is 21.2 Å². The Morgan fingerprint density at radius 1 is 1.44 bits per heavy atom. The number of nitrogens with two attached hydrogens (primary N) is 1. The summed E-state index contributed by atoms with van der Waals surface area (Å²) in [5.74, 6) is -0.328. The van der Waals surface area contributed by atoms with Gasteiger partial charge in [-0.15, -0.1) is 0 Å². The number of sulfone groups is 1. The van der Waals surface area contributed by atoms with Gasteiger partial charge in [0.2, 0.25) is 0 Å². The molecule has 0 aliphatic rings. The molecule has 0 aliphatic heterocycles. The summed E-state index contributed by atoms with van der Waals surface area (Å²) in [6.07, 6.45) is 0. The van der Waals surface area contributed by atoms with Gasteiger partial charge in [-0.3, -0.25) is 0 Å². The largest absolute Gasteiger partial charge is 0.489 e. The van der Waals surface area contributed by atoms with Crippen LogP contribution in [-0.4, -0.2) is 26.0 Å². The molecule has 0 radical (unpaired) electrons. The van der Waals surface area contributed by atoms with E-state index < -0.39 is 20.9 Å². The van der Waals surface area contributed by atoms with Gasteiger partial charge < -0.3 is 10.5 Å². The molecular weight excluding hydrogens is 325 g/mol. The van der Waals surface area contributed by atoms with Crippen LogP contribution in [0.25, 0.3) is 0 Å². The lowest BCUT2D eigenvalue weighted by Crippen LogP contribution is -2.22. The van der Waals surface area contributed by atoms with Crippen molar-refractivity contribution < 1.29 is 17.5 Å². The van der Waals surface area contributed by atoms with Crippen LogP contribution in [0.2, 0.25) is 0 Å². The van der Waals surface area contributed by atoms with E-state index in [1.165, 1.54) is 6.07 Å². The second kappa shape index (κ2) is 5.88. The van der Waals surface area contributed by atoms with Crippen LogP contribution < -0.4 is 10.5 Å². The summed E-state index contributed by atoms with van der Waals surface area (Å²) in [5.41, 5.74) is 5.72. The Morgan fingerprint density at radius 3 is 2.56 bits per heavy atom. The van der Waals surface area contributed by atoms with Crippen LogP contribution in [0.5, 0.6) is 5.75 Å². The van der Waals surface area contributed by atoms with E-state index in [-0.39, 0.29) is 23.8 Å². The first-order valence-electron chi connectivity index (χ1n) is 5.33. The number of nitrogen functional groups attached to an aromatic ring is 1. The van der Waals surface area contributed by atoms with Gasteiger partial charge in [0, 0.05) is 6.07 Å². The highest BCUT2D eigenvalue weighted by atomic mass is 79.9. The van der Waals surface area contributed by atoms with Crippen molar-refractivity contribution in [2.45, 2.75) is 19.1 Å². The molecule has 0 amide bonds. The van der Waals surface area contributed by atoms with E-state index in [0.717, 1.165) is 6.07 Å². The van der Waals surface area contributed by atoms with Crippen LogP contribution in [0, 0.1) is 5.82 Å². The fraction of sp³-hybridized carbons (Fsp3) is 0.455. The lowest BCUT2D eigenvalue weighted by molar-refractivity contribution is 0.339. The van der Waals surface area contributed by atoms with Gasteiger partial charge >= 0.3 is 0 Å². The predicted molar refractivity (Wildman–Crippen MR) is 72.9 cm³/mol. The average molecular weight is 340 g/mol. The molecule has 0 bridgehead atoms. The van der Waals surface area contributed by atoms with Gasteiger partial charge in [0.1, 0.15) is 12.4 Å². The summed E-state index contributed by atoms with van der Waals surface area (Å²) in [7, 11) is -3.16. The van der Waals surface area contributed by atoms with Crippen LogP contribution in [-0.2, 0) is 9.84 Å². The maximum absolute atomic E-state index is 13.0. The number of hydrogen-bond donors (Lipinski definition) is 1. The zero-order valence-electron chi connectivity index (χ0n) is 10.1. The van der Waals surface area contributed by atoms with Crippen LogP contribution in [0.1, 0.15) is 13.8 Å². The second-order valence-corrected chi connectivity index (χ2v) is 7.60. The molecule has 18 heavy (non-hydrogen) atoms. The van der Waals surface area contributed by atoms with Crippen LogP contribution >= 0.6 is 15.9 Å². The van der Waals surface area contributed by atoms with Gasteiger partial charge in [0.15, 0.2) is 15.6 Å². The third kappa shape index (κ3) is 3.84. The molecule has 0 unspecified atom stereocenters. The molecule has 7 heteroatoms. The Balaban J connectivity index is 2.71. The number of rotatable bonds is 5. The van der Waals surface area contributed by atoms with Crippen LogP contribution in [0.15, 0.2) is 16.6 Å². The monoisotopic (exact) mass is 339 g/mol. The van der Waals surface area contributed by atoms with Crippen molar-refractivity contribution in [2.75, 3.05) is 18.1 Å². The maximum atomic E-state index is 13.0. The topological polar surface area (TPSA) is 69.4 Å². The summed E-state index contributed by atoms with van der Waals surface area (Å²) >= 11 is 3.11. The number of ether oxygens (including phenoxy) is 1. The molecule has 0 spiro atoms. The molecule has 0 saturated heterocycles. The smallest absolute Gasteiger partial charge is 0.156 e. The van der Waals surface area contributed by atoms with E-state index >= 15 is 0 Å². The van der Waals surface area contributed by atoms with Crippen molar-refractivity contribution in [1.29, 1.82) is 0 Å². The van der Waals surface area contributed by atoms with Gasteiger partial charge in [-0.2, -0.15) is 0 Å². The first-order chi connectivity index (χ1) is 8.24. The molecule has 4 nitrogen and oxygen atoms in total. The number of anilines is 1. The van der Waals surface area contributed by atoms with E-state index in [2.05, 4.69) is 15.9 Å². The van der Waals surface area contributed by atoms with Gasteiger partial charge in [0.25, 0.3) is 0 Å². The molecule has 0 saturated carbocycles. The Bertz CT molecular complexity index is 508. The van der Waals surface area contributed by atoms with Gasteiger partial charge in [-0.25, -0.2) is 12.8 Å². The summed E-state index contributed by atoms with van der Waals surface area (Å²) in [6, 6.07) is 2.33. The lowest BCUT2D eigenvalue weighted by Gasteiger charge is -2.12. The van der Waals surface area contributed by atoms with Crippen LogP contribution in [0.4, 0.5) is 10.1 Å². The zero-order chi connectivity index (χ0) is 13.9. The van der Waals surface area contributed by atoms with Crippen LogP contribution in [0.3, 0.4) is 0 Å². The molecule has 1 aromatic carbocycles. The van der Waals surface area contributed by atoms with E-state index in [9.17, 15) is 12.8 Å².